The van der Waals surface area contributed by atoms with Gasteiger partial charge in [0.15, 0.2) is 0 Å². The van der Waals surface area contributed by atoms with E-state index in [0.29, 0.717) is 23.9 Å². The van der Waals surface area contributed by atoms with Crippen LogP contribution in [-0.4, -0.2) is 11.7 Å². The Morgan fingerprint density at radius 2 is 2.12 bits per heavy atom. The van der Waals surface area contributed by atoms with Crippen LogP contribution in [0.25, 0.3) is 0 Å². The van der Waals surface area contributed by atoms with Crippen LogP contribution >= 0.6 is 0 Å². The zero-order valence-corrected chi connectivity index (χ0v) is 11.9. The largest absolute Gasteiger partial charge is 0.396 e. The first-order chi connectivity index (χ1) is 8.04. The minimum Gasteiger partial charge on any atom is -0.396 e. The predicted octanol–water partition coefficient (Wildman–Crippen LogP) is 4.17. The van der Waals surface area contributed by atoms with Gasteiger partial charge >= 0.3 is 0 Å². The van der Waals surface area contributed by atoms with Gasteiger partial charge in [-0.2, -0.15) is 0 Å². The second-order valence-corrected chi connectivity index (χ2v) is 6.63. The van der Waals surface area contributed by atoms with Crippen molar-refractivity contribution in [2.45, 2.75) is 59.8 Å². The van der Waals surface area contributed by atoms with Crippen LogP contribution in [0.3, 0.4) is 0 Å². The van der Waals surface area contributed by atoms with E-state index in [1.165, 1.54) is 37.7 Å². The molecule has 2 rings (SSSR count). The van der Waals surface area contributed by atoms with Crippen molar-refractivity contribution in [1.29, 1.82) is 0 Å². The average Bonchev–Trinajstić information content (AvgIpc) is 2.56. The predicted molar refractivity (Wildman–Crippen MR) is 72.8 cm³/mol. The maximum atomic E-state index is 9.97. The van der Waals surface area contributed by atoms with Crippen LogP contribution in [0.1, 0.15) is 59.8 Å². The highest BCUT2D eigenvalue weighted by atomic mass is 16.3. The lowest BCUT2D eigenvalue weighted by molar-refractivity contribution is 0.0355. The van der Waals surface area contributed by atoms with Gasteiger partial charge in [0.05, 0.1) is 0 Å². The molecule has 1 heteroatoms. The van der Waals surface area contributed by atoms with E-state index in [2.05, 4.69) is 33.8 Å². The van der Waals surface area contributed by atoms with E-state index in [-0.39, 0.29) is 5.41 Å². The van der Waals surface area contributed by atoms with Crippen LogP contribution in [0.15, 0.2) is 11.6 Å². The van der Waals surface area contributed by atoms with Gasteiger partial charge in [-0.25, -0.2) is 0 Å². The molecule has 0 aromatic heterocycles. The van der Waals surface area contributed by atoms with E-state index in [0.717, 1.165) is 0 Å². The second-order valence-electron chi connectivity index (χ2n) is 6.63. The van der Waals surface area contributed by atoms with E-state index in [1.807, 2.05) is 0 Å². The molecule has 0 heterocycles. The van der Waals surface area contributed by atoms with Crippen LogP contribution in [0, 0.1) is 22.7 Å². The molecule has 0 aromatic rings. The van der Waals surface area contributed by atoms with Crippen molar-refractivity contribution in [1.82, 2.24) is 0 Å². The molecular weight excluding hydrogens is 208 g/mol. The fourth-order valence-corrected chi connectivity index (χ4v) is 4.82. The molecule has 0 saturated heterocycles. The summed E-state index contributed by atoms with van der Waals surface area (Å²) < 4.78 is 0. The zero-order chi connectivity index (χ0) is 12.7. The molecule has 0 amide bonds. The molecule has 0 aromatic carbocycles. The Labute approximate surface area is 106 Å². The van der Waals surface area contributed by atoms with E-state index >= 15 is 0 Å². The summed E-state index contributed by atoms with van der Waals surface area (Å²) in [4.78, 5) is 0. The Hall–Kier alpha value is -0.300. The van der Waals surface area contributed by atoms with Gasteiger partial charge in [-0.1, -0.05) is 38.8 Å². The minimum atomic E-state index is 0.128. The summed E-state index contributed by atoms with van der Waals surface area (Å²) in [5.41, 5.74) is 2.14. The summed E-state index contributed by atoms with van der Waals surface area (Å²) >= 11 is 0. The quantitative estimate of drug-likeness (QED) is 0.726. The highest BCUT2D eigenvalue weighted by Gasteiger charge is 2.59. The van der Waals surface area contributed by atoms with Crippen LogP contribution in [0.5, 0.6) is 0 Å². The number of rotatable bonds is 4. The molecule has 1 nitrogen and oxygen atoms in total. The van der Waals surface area contributed by atoms with Crippen LogP contribution in [-0.2, 0) is 0 Å². The van der Waals surface area contributed by atoms with Crippen molar-refractivity contribution in [3.05, 3.63) is 11.6 Å². The molecule has 17 heavy (non-hydrogen) atoms. The van der Waals surface area contributed by atoms with E-state index < -0.39 is 0 Å². The number of aliphatic hydroxyl groups is 1. The summed E-state index contributed by atoms with van der Waals surface area (Å²) in [5.74, 6) is 1.33. The molecule has 0 aliphatic heterocycles. The third-order valence-corrected chi connectivity index (χ3v) is 5.94. The van der Waals surface area contributed by atoms with Crippen molar-refractivity contribution in [2.24, 2.45) is 22.7 Å². The van der Waals surface area contributed by atoms with Crippen molar-refractivity contribution in [3.63, 3.8) is 0 Å². The Morgan fingerprint density at radius 3 is 2.65 bits per heavy atom. The van der Waals surface area contributed by atoms with Crippen LogP contribution in [0.4, 0.5) is 0 Å². The van der Waals surface area contributed by atoms with Gasteiger partial charge in [0, 0.05) is 12.0 Å². The third kappa shape index (κ3) is 1.69. The zero-order valence-electron chi connectivity index (χ0n) is 11.9. The molecule has 98 valence electrons. The first kappa shape index (κ1) is 13.1. The molecule has 1 saturated carbocycles. The normalized spacial score (nSPS) is 44.9. The molecule has 0 spiro atoms. The number of aliphatic hydroxyl groups excluding tert-OH is 1. The molecule has 4 unspecified atom stereocenters. The lowest BCUT2D eigenvalue weighted by Gasteiger charge is -2.40. The lowest BCUT2D eigenvalue weighted by Crippen LogP contribution is -2.36. The summed E-state index contributed by atoms with van der Waals surface area (Å²) in [6.45, 7) is 9.58. The molecule has 1 fully saturated rings. The Morgan fingerprint density at radius 1 is 1.41 bits per heavy atom. The van der Waals surface area contributed by atoms with Gasteiger partial charge in [0.1, 0.15) is 0 Å². The van der Waals surface area contributed by atoms with Crippen LogP contribution in [0.2, 0.25) is 0 Å². The average molecular weight is 236 g/mol. The highest BCUT2D eigenvalue weighted by molar-refractivity contribution is 5.23. The standard InChI is InChI=1S/C16H28O/c1-5-7-14-15(4,11-17)13-10-16(14,6-2)9-8-12(13)3/h8,13-14,17H,5-7,9-11H2,1-4H3. The van der Waals surface area contributed by atoms with Gasteiger partial charge in [-0.05, 0) is 49.9 Å². The lowest BCUT2D eigenvalue weighted by atomic mass is 9.65. The van der Waals surface area contributed by atoms with E-state index in [4.69, 9.17) is 0 Å². The van der Waals surface area contributed by atoms with Gasteiger partial charge < -0.3 is 5.11 Å². The molecular formula is C16H28O. The monoisotopic (exact) mass is 236 g/mol. The molecule has 2 bridgehead atoms. The fourth-order valence-electron chi connectivity index (χ4n) is 4.82. The Kier molecular flexibility index (Phi) is 3.42. The van der Waals surface area contributed by atoms with Crippen molar-refractivity contribution < 1.29 is 5.11 Å². The van der Waals surface area contributed by atoms with Crippen molar-refractivity contribution >= 4 is 0 Å². The molecule has 2 aliphatic carbocycles. The van der Waals surface area contributed by atoms with Crippen molar-refractivity contribution in [3.8, 4) is 0 Å². The van der Waals surface area contributed by atoms with E-state index in [9.17, 15) is 5.11 Å². The number of hydrogen-bond acceptors (Lipinski definition) is 1. The number of allylic oxidation sites excluding steroid dienone is 2. The summed E-state index contributed by atoms with van der Waals surface area (Å²) in [6, 6.07) is 0. The smallest absolute Gasteiger partial charge is 0.0493 e. The summed E-state index contributed by atoms with van der Waals surface area (Å²) in [5, 5.41) is 9.97. The SMILES string of the molecule is CCCC1C2(CC)CC=C(C)C(C2)C1(C)CO. The molecule has 0 radical (unpaired) electrons. The van der Waals surface area contributed by atoms with E-state index in [1.54, 1.807) is 0 Å². The van der Waals surface area contributed by atoms with Crippen LogP contribution < -0.4 is 0 Å². The first-order valence-electron chi connectivity index (χ1n) is 7.31. The topological polar surface area (TPSA) is 20.2 Å². The van der Waals surface area contributed by atoms with Gasteiger partial charge in [-0.15, -0.1) is 0 Å². The Balaban J connectivity index is 2.42. The highest BCUT2D eigenvalue weighted by Crippen LogP contribution is 2.66. The number of fused-ring (bicyclic) bond motifs is 2. The maximum Gasteiger partial charge on any atom is 0.0493 e. The minimum absolute atomic E-state index is 0.128. The fraction of sp³-hybridized carbons (Fsp3) is 0.875. The summed E-state index contributed by atoms with van der Waals surface area (Å²) in [6.07, 6.45) is 8.81. The second kappa shape index (κ2) is 4.42. The third-order valence-electron chi connectivity index (χ3n) is 5.94. The maximum absolute atomic E-state index is 9.97. The molecule has 4 atom stereocenters. The first-order valence-corrected chi connectivity index (χ1v) is 7.31. The van der Waals surface area contributed by atoms with Gasteiger partial charge in [0.2, 0.25) is 0 Å². The molecule has 2 aliphatic rings. The number of hydrogen-bond donors (Lipinski definition) is 1. The Bertz CT molecular complexity index is 319. The summed E-state index contributed by atoms with van der Waals surface area (Å²) in [7, 11) is 0. The van der Waals surface area contributed by atoms with Gasteiger partial charge in [0.25, 0.3) is 0 Å². The van der Waals surface area contributed by atoms with Gasteiger partial charge in [-0.3, -0.25) is 0 Å². The molecule has 1 N–H and O–H groups in total. The van der Waals surface area contributed by atoms with Crippen molar-refractivity contribution in [2.75, 3.05) is 6.61 Å².